The molecule has 1 aliphatic rings. The molecule has 0 amide bonds. The van der Waals surface area contributed by atoms with Crippen LogP contribution in [0.4, 0.5) is 5.69 Å². The van der Waals surface area contributed by atoms with Gasteiger partial charge in [-0.2, -0.15) is 0 Å². The molecule has 1 N–H and O–H groups in total. The fourth-order valence-corrected chi connectivity index (χ4v) is 3.13. The first-order chi connectivity index (χ1) is 8.93. The van der Waals surface area contributed by atoms with Gasteiger partial charge in [0.05, 0.1) is 6.61 Å². The van der Waals surface area contributed by atoms with E-state index < -0.39 is 0 Å². The van der Waals surface area contributed by atoms with Crippen molar-refractivity contribution in [3.63, 3.8) is 0 Å². The van der Waals surface area contributed by atoms with Crippen molar-refractivity contribution >= 4 is 17.3 Å². The van der Waals surface area contributed by atoms with E-state index in [9.17, 15) is 5.11 Å². The van der Waals surface area contributed by atoms with Crippen LogP contribution < -0.4 is 4.90 Å². The Morgan fingerprint density at radius 3 is 2.53 bits per heavy atom. The second-order valence-electron chi connectivity index (χ2n) is 6.44. The Hall–Kier alpha value is -0.730. The molecule has 1 aromatic rings. The van der Waals surface area contributed by atoms with Gasteiger partial charge < -0.3 is 10.0 Å². The number of aliphatic hydroxyl groups is 1. The Morgan fingerprint density at radius 1 is 1.32 bits per heavy atom. The minimum atomic E-state index is 0.0645. The summed E-state index contributed by atoms with van der Waals surface area (Å²) in [4.78, 5) is 2.30. The van der Waals surface area contributed by atoms with Gasteiger partial charge in [0, 0.05) is 29.4 Å². The molecule has 1 aromatic carbocycles. The van der Waals surface area contributed by atoms with Crippen LogP contribution in [0.15, 0.2) is 18.2 Å². The maximum Gasteiger partial charge on any atom is 0.0702 e. The molecule has 0 atom stereocenters. The fraction of sp³-hybridized carbons (Fsp3) is 0.625. The van der Waals surface area contributed by atoms with E-state index in [4.69, 9.17) is 11.6 Å². The molecule has 1 aliphatic carbocycles. The van der Waals surface area contributed by atoms with Crippen LogP contribution >= 0.6 is 11.6 Å². The summed E-state index contributed by atoms with van der Waals surface area (Å²) in [6.07, 6.45) is 4.94. The van der Waals surface area contributed by atoms with Crippen LogP contribution in [-0.4, -0.2) is 18.2 Å². The molecule has 0 aliphatic heterocycles. The van der Waals surface area contributed by atoms with Crippen LogP contribution in [0, 0.1) is 5.41 Å². The van der Waals surface area contributed by atoms with Gasteiger partial charge in [-0.1, -0.05) is 31.5 Å². The van der Waals surface area contributed by atoms with Gasteiger partial charge in [-0.15, -0.1) is 0 Å². The smallest absolute Gasteiger partial charge is 0.0702 e. The Balaban J connectivity index is 2.16. The minimum Gasteiger partial charge on any atom is -0.392 e. The zero-order valence-corrected chi connectivity index (χ0v) is 12.9. The zero-order chi connectivity index (χ0) is 14.0. The third-order valence-electron chi connectivity index (χ3n) is 4.45. The van der Waals surface area contributed by atoms with Crippen molar-refractivity contribution in [2.45, 2.75) is 52.2 Å². The minimum absolute atomic E-state index is 0.0645. The van der Waals surface area contributed by atoms with Gasteiger partial charge >= 0.3 is 0 Å². The molecule has 0 aromatic heterocycles. The van der Waals surface area contributed by atoms with Crippen molar-refractivity contribution < 1.29 is 5.11 Å². The second-order valence-corrected chi connectivity index (χ2v) is 6.87. The first-order valence-electron chi connectivity index (χ1n) is 7.05. The number of halogens is 1. The molecule has 0 saturated heterocycles. The Labute approximate surface area is 121 Å². The lowest BCUT2D eigenvalue weighted by molar-refractivity contribution is 0.222. The number of anilines is 1. The molecule has 1 saturated carbocycles. The lowest BCUT2D eigenvalue weighted by Gasteiger charge is -2.40. The van der Waals surface area contributed by atoms with E-state index in [1.54, 1.807) is 0 Å². The largest absolute Gasteiger partial charge is 0.392 e. The SMILES string of the molecule is CN(c1cc(Cl)ccc1CO)C1CCC(C)(C)CC1. The first kappa shape index (κ1) is 14.7. The van der Waals surface area contributed by atoms with Gasteiger partial charge in [0.15, 0.2) is 0 Å². The topological polar surface area (TPSA) is 23.5 Å². The Bertz CT molecular complexity index is 434. The maximum absolute atomic E-state index is 9.47. The van der Waals surface area contributed by atoms with Crippen LogP contribution in [0.1, 0.15) is 45.1 Å². The lowest BCUT2D eigenvalue weighted by atomic mass is 9.75. The molecule has 0 radical (unpaired) electrons. The van der Waals surface area contributed by atoms with Crippen LogP contribution in [0.3, 0.4) is 0 Å². The molecule has 3 heteroatoms. The molecule has 0 heterocycles. The number of rotatable bonds is 3. The van der Waals surface area contributed by atoms with Crippen molar-refractivity contribution in [2.75, 3.05) is 11.9 Å². The Morgan fingerprint density at radius 2 is 1.95 bits per heavy atom. The standard InChI is InChI=1S/C16H24ClNO/c1-16(2)8-6-14(7-9-16)18(3)15-10-13(17)5-4-12(15)11-19/h4-5,10,14,19H,6-9,11H2,1-3H3. The molecule has 0 spiro atoms. The number of benzene rings is 1. The number of hydrogen-bond acceptors (Lipinski definition) is 2. The van der Waals surface area contributed by atoms with Gasteiger partial charge in [0.2, 0.25) is 0 Å². The van der Waals surface area contributed by atoms with Crippen LogP contribution in [0.5, 0.6) is 0 Å². The van der Waals surface area contributed by atoms with E-state index in [0.717, 1.165) is 16.3 Å². The van der Waals surface area contributed by atoms with Crippen LogP contribution in [0.25, 0.3) is 0 Å². The highest BCUT2D eigenvalue weighted by Crippen LogP contribution is 2.38. The average molecular weight is 282 g/mol. The van der Waals surface area contributed by atoms with Gasteiger partial charge in [0.1, 0.15) is 0 Å². The molecule has 19 heavy (non-hydrogen) atoms. The summed E-state index contributed by atoms with van der Waals surface area (Å²) in [6.45, 7) is 4.76. The highest BCUT2D eigenvalue weighted by molar-refractivity contribution is 6.30. The third kappa shape index (κ3) is 3.43. The number of aliphatic hydroxyl groups excluding tert-OH is 1. The Kier molecular flexibility index (Phi) is 4.42. The summed E-state index contributed by atoms with van der Waals surface area (Å²) >= 11 is 6.09. The van der Waals surface area contributed by atoms with E-state index in [-0.39, 0.29) is 6.61 Å². The van der Waals surface area contributed by atoms with E-state index in [2.05, 4.69) is 25.8 Å². The van der Waals surface area contributed by atoms with Crippen molar-refractivity contribution in [2.24, 2.45) is 5.41 Å². The van der Waals surface area contributed by atoms with Crippen LogP contribution in [-0.2, 0) is 6.61 Å². The first-order valence-corrected chi connectivity index (χ1v) is 7.43. The summed E-state index contributed by atoms with van der Waals surface area (Å²) in [5, 5.41) is 10.2. The van der Waals surface area contributed by atoms with E-state index >= 15 is 0 Å². The van der Waals surface area contributed by atoms with Crippen molar-refractivity contribution in [3.05, 3.63) is 28.8 Å². The third-order valence-corrected chi connectivity index (χ3v) is 4.69. The van der Waals surface area contributed by atoms with Crippen LogP contribution in [0.2, 0.25) is 5.02 Å². The molecule has 2 rings (SSSR count). The molecule has 0 bridgehead atoms. The number of hydrogen-bond donors (Lipinski definition) is 1. The van der Waals surface area contributed by atoms with Crippen molar-refractivity contribution in [3.8, 4) is 0 Å². The second kappa shape index (κ2) is 5.72. The van der Waals surface area contributed by atoms with E-state index in [1.807, 2.05) is 18.2 Å². The van der Waals surface area contributed by atoms with E-state index in [1.165, 1.54) is 25.7 Å². The van der Waals surface area contributed by atoms with Crippen molar-refractivity contribution in [1.82, 2.24) is 0 Å². The fourth-order valence-electron chi connectivity index (χ4n) is 2.97. The normalized spacial score (nSPS) is 19.4. The average Bonchev–Trinajstić information content (AvgIpc) is 2.38. The highest BCUT2D eigenvalue weighted by atomic mass is 35.5. The molecule has 2 nitrogen and oxygen atoms in total. The lowest BCUT2D eigenvalue weighted by Crippen LogP contribution is -2.37. The summed E-state index contributed by atoms with van der Waals surface area (Å²) in [7, 11) is 2.12. The summed E-state index contributed by atoms with van der Waals surface area (Å²) in [5.74, 6) is 0. The summed E-state index contributed by atoms with van der Waals surface area (Å²) < 4.78 is 0. The van der Waals surface area contributed by atoms with Gasteiger partial charge in [0.25, 0.3) is 0 Å². The van der Waals surface area contributed by atoms with Gasteiger partial charge in [-0.3, -0.25) is 0 Å². The maximum atomic E-state index is 9.47. The molecule has 0 unspecified atom stereocenters. The van der Waals surface area contributed by atoms with Gasteiger partial charge in [-0.05, 0) is 43.2 Å². The molecular weight excluding hydrogens is 258 g/mol. The predicted octanol–water partition coefficient (Wildman–Crippen LogP) is 4.24. The van der Waals surface area contributed by atoms with E-state index in [0.29, 0.717) is 11.5 Å². The van der Waals surface area contributed by atoms with Crippen molar-refractivity contribution in [1.29, 1.82) is 0 Å². The highest BCUT2D eigenvalue weighted by Gasteiger charge is 2.29. The quantitative estimate of drug-likeness (QED) is 0.896. The number of nitrogens with zero attached hydrogens (tertiary/aromatic N) is 1. The summed E-state index contributed by atoms with van der Waals surface area (Å²) in [5.41, 5.74) is 2.50. The molecule has 106 valence electrons. The van der Waals surface area contributed by atoms with Gasteiger partial charge in [-0.25, -0.2) is 0 Å². The molecule has 1 fully saturated rings. The summed E-state index contributed by atoms with van der Waals surface area (Å²) in [6, 6.07) is 6.28. The monoisotopic (exact) mass is 281 g/mol. The molecular formula is C16H24ClNO. The zero-order valence-electron chi connectivity index (χ0n) is 12.1. The predicted molar refractivity (Wildman–Crippen MR) is 81.8 cm³/mol.